The predicted molar refractivity (Wildman–Crippen MR) is 62.6 cm³/mol. The summed E-state index contributed by atoms with van der Waals surface area (Å²) in [6.45, 7) is 4.87. The zero-order valence-corrected chi connectivity index (χ0v) is 10.5. The molecule has 0 bridgehead atoms. The van der Waals surface area contributed by atoms with Crippen molar-refractivity contribution in [2.24, 2.45) is 11.8 Å². The Morgan fingerprint density at radius 3 is 2.69 bits per heavy atom. The Labute approximate surface area is 97.4 Å². The molecule has 2 saturated heterocycles. The first kappa shape index (κ1) is 11.0. The fraction of sp³-hybridized carbons (Fsp3) is 1.00. The van der Waals surface area contributed by atoms with E-state index >= 15 is 0 Å². The van der Waals surface area contributed by atoms with Gasteiger partial charge in [-0.3, -0.25) is 0 Å². The van der Waals surface area contributed by atoms with Crippen molar-refractivity contribution in [1.29, 1.82) is 0 Å². The minimum absolute atomic E-state index is 0.0478. The smallest absolute Gasteiger partial charge is 0.217 e. The standard InChI is InChI=1S/C11H20N2O2S/c1-2-11-10-6-12-5-8(10)7-13(11)16(14,15)9-3-4-9/h8-12H,2-7H2,1H3. The van der Waals surface area contributed by atoms with Crippen molar-refractivity contribution in [1.82, 2.24) is 9.62 Å². The molecule has 5 heteroatoms. The molecule has 3 unspecified atom stereocenters. The van der Waals surface area contributed by atoms with Crippen molar-refractivity contribution in [3.05, 3.63) is 0 Å². The fourth-order valence-corrected chi connectivity index (χ4v) is 5.54. The van der Waals surface area contributed by atoms with E-state index in [0.717, 1.165) is 38.9 Å². The van der Waals surface area contributed by atoms with Crippen LogP contribution in [0.25, 0.3) is 0 Å². The Bertz CT molecular complexity index is 377. The SMILES string of the molecule is CCC1C2CNCC2CN1S(=O)(=O)C1CC1. The molecule has 0 aromatic rings. The Morgan fingerprint density at radius 1 is 1.31 bits per heavy atom. The average molecular weight is 244 g/mol. The fourth-order valence-electron chi connectivity index (χ4n) is 3.34. The van der Waals surface area contributed by atoms with Gasteiger partial charge in [-0.1, -0.05) is 6.92 Å². The molecule has 0 amide bonds. The zero-order chi connectivity index (χ0) is 11.3. The van der Waals surface area contributed by atoms with Crippen LogP contribution in [0.1, 0.15) is 26.2 Å². The molecular formula is C11H20N2O2S. The van der Waals surface area contributed by atoms with Crippen LogP contribution >= 0.6 is 0 Å². The molecule has 4 nitrogen and oxygen atoms in total. The van der Waals surface area contributed by atoms with Gasteiger partial charge in [-0.05, 0) is 44.2 Å². The lowest BCUT2D eigenvalue weighted by molar-refractivity contribution is 0.328. The van der Waals surface area contributed by atoms with Gasteiger partial charge >= 0.3 is 0 Å². The van der Waals surface area contributed by atoms with Gasteiger partial charge in [0, 0.05) is 12.6 Å². The van der Waals surface area contributed by atoms with Gasteiger partial charge in [-0.25, -0.2) is 8.42 Å². The minimum atomic E-state index is -2.96. The van der Waals surface area contributed by atoms with Gasteiger partial charge in [-0.2, -0.15) is 4.31 Å². The van der Waals surface area contributed by atoms with Gasteiger partial charge in [0.05, 0.1) is 5.25 Å². The summed E-state index contributed by atoms with van der Waals surface area (Å²) in [5.74, 6) is 1.11. The molecule has 1 aliphatic carbocycles. The highest BCUT2D eigenvalue weighted by molar-refractivity contribution is 7.90. The molecule has 2 heterocycles. The maximum atomic E-state index is 12.3. The molecule has 0 radical (unpaired) electrons. The summed E-state index contributed by atoms with van der Waals surface area (Å²) in [5.41, 5.74) is 0. The molecular weight excluding hydrogens is 224 g/mol. The molecule has 16 heavy (non-hydrogen) atoms. The van der Waals surface area contributed by atoms with E-state index in [4.69, 9.17) is 0 Å². The maximum absolute atomic E-state index is 12.3. The molecule has 3 fully saturated rings. The van der Waals surface area contributed by atoms with Crippen LogP contribution in [0.5, 0.6) is 0 Å². The molecule has 1 N–H and O–H groups in total. The van der Waals surface area contributed by atoms with Gasteiger partial charge in [0.2, 0.25) is 10.0 Å². The molecule has 0 spiro atoms. The number of hydrogen-bond donors (Lipinski definition) is 1. The molecule has 0 aromatic carbocycles. The largest absolute Gasteiger partial charge is 0.316 e. The summed E-state index contributed by atoms with van der Waals surface area (Å²) in [6, 6.07) is 0.255. The second-order valence-corrected chi connectivity index (χ2v) is 7.54. The molecule has 3 rings (SSSR count). The van der Waals surface area contributed by atoms with E-state index < -0.39 is 10.0 Å². The van der Waals surface area contributed by atoms with Crippen LogP contribution in [0.2, 0.25) is 0 Å². The van der Waals surface area contributed by atoms with Gasteiger partial charge < -0.3 is 5.32 Å². The first-order valence-electron chi connectivity index (χ1n) is 6.36. The van der Waals surface area contributed by atoms with Crippen molar-refractivity contribution in [3.63, 3.8) is 0 Å². The average Bonchev–Trinajstić information content (AvgIpc) is 2.90. The zero-order valence-electron chi connectivity index (χ0n) is 9.72. The summed E-state index contributed by atoms with van der Waals surface area (Å²) in [6.07, 6.45) is 2.71. The minimum Gasteiger partial charge on any atom is -0.316 e. The van der Waals surface area contributed by atoms with Crippen LogP contribution < -0.4 is 5.32 Å². The lowest BCUT2D eigenvalue weighted by Gasteiger charge is -2.26. The lowest BCUT2D eigenvalue weighted by atomic mass is 9.93. The summed E-state index contributed by atoms with van der Waals surface area (Å²) in [7, 11) is -2.96. The summed E-state index contributed by atoms with van der Waals surface area (Å²) in [4.78, 5) is 0. The number of rotatable bonds is 3. The van der Waals surface area contributed by atoms with Crippen molar-refractivity contribution in [2.75, 3.05) is 19.6 Å². The normalized spacial score (nSPS) is 40.2. The number of sulfonamides is 1. The monoisotopic (exact) mass is 244 g/mol. The number of nitrogens with zero attached hydrogens (tertiary/aromatic N) is 1. The van der Waals surface area contributed by atoms with Crippen LogP contribution in [-0.4, -0.2) is 43.6 Å². The summed E-state index contributed by atoms with van der Waals surface area (Å²) < 4.78 is 26.4. The van der Waals surface area contributed by atoms with E-state index in [9.17, 15) is 8.42 Å². The van der Waals surface area contributed by atoms with Crippen LogP contribution in [0.4, 0.5) is 0 Å². The van der Waals surface area contributed by atoms with Crippen molar-refractivity contribution in [2.45, 2.75) is 37.5 Å². The topological polar surface area (TPSA) is 49.4 Å². The molecule has 2 aliphatic heterocycles. The Balaban J connectivity index is 1.85. The third-order valence-electron chi connectivity index (χ3n) is 4.36. The molecule has 3 aliphatic rings. The molecule has 92 valence electrons. The highest BCUT2D eigenvalue weighted by atomic mass is 32.2. The number of nitrogens with one attached hydrogen (secondary N) is 1. The van der Waals surface area contributed by atoms with E-state index in [-0.39, 0.29) is 11.3 Å². The predicted octanol–water partition coefficient (Wildman–Crippen LogP) is 0.408. The quantitative estimate of drug-likeness (QED) is 0.782. The van der Waals surface area contributed by atoms with Crippen LogP contribution in [0.15, 0.2) is 0 Å². The van der Waals surface area contributed by atoms with Gasteiger partial charge in [0.15, 0.2) is 0 Å². The third-order valence-corrected chi connectivity index (χ3v) is 6.75. The van der Waals surface area contributed by atoms with E-state index in [0.29, 0.717) is 11.8 Å². The second-order valence-electron chi connectivity index (χ2n) is 5.37. The number of hydrogen-bond acceptors (Lipinski definition) is 3. The van der Waals surface area contributed by atoms with Gasteiger partial charge in [0.1, 0.15) is 0 Å². The Hall–Kier alpha value is -0.130. The van der Waals surface area contributed by atoms with Crippen LogP contribution in [-0.2, 0) is 10.0 Å². The number of fused-ring (bicyclic) bond motifs is 1. The highest BCUT2D eigenvalue weighted by Gasteiger charge is 2.51. The van der Waals surface area contributed by atoms with Crippen molar-refractivity contribution < 1.29 is 8.42 Å². The molecule has 1 saturated carbocycles. The Morgan fingerprint density at radius 2 is 2.06 bits per heavy atom. The highest BCUT2D eigenvalue weighted by Crippen LogP contribution is 2.40. The van der Waals surface area contributed by atoms with Crippen molar-refractivity contribution >= 4 is 10.0 Å². The van der Waals surface area contributed by atoms with E-state index in [1.807, 2.05) is 4.31 Å². The van der Waals surface area contributed by atoms with Crippen LogP contribution in [0.3, 0.4) is 0 Å². The third kappa shape index (κ3) is 1.52. The van der Waals surface area contributed by atoms with E-state index in [2.05, 4.69) is 12.2 Å². The Kier molecular flexibility index (Phi) is 2.53. The van der Waals surface area contributed by atoms with E-state index in [1.54, 1.807) is 0 Å². The molecule has 0 aromatic heterocycles. The van der Waals surface area contributed by atoms with Gasteiger partial charge in [0.25, 0.3) is 0 Å². The van der Waals surface area contributed by atoms with Gasteiger partial charge in [-0.15, -0.1) is 0 Å². The summed E-state index contributed by atoms with van der Waals surface area (Å²) >= 11 is 0. The first-order valence-corrected chi connectivity index (χ1v) is 7.86. The van der Waals surface area contributed by atoms with Crippen molar-refractivity contribution in [3.8, 4) is 0 Å². The van der Waals surface area contributed by atoms with E-state index in [1.165, 1.54) is 0 Å². The van der Waals surface area contributed by atoms with Crippen LogP contribution in [0, 0.1) is 11.8 Å². The first-order chi connectivity index (χ1) is 7.64. The lowest BCUT2D eigenvalue weighted by Crippen LogP contribution is -2.41. The maximum Gasteiger partial charge on any atom is 0.217 e. The summed E-state index contributed by atoms with van der Waals surface area (Å²) in [5, 5.41) is 3.34. The molecule has 3 atom stereocenters. The second kappa shape index (κ2) is 3.68.